The zero-order valence-corrected chi connectivity index (χ0v) is 7.73. The number of halogens is 1. The maximum absolute atomic E-state index is 6.01. The fraction of sp³-hybridized carbons (Fsp3) is 0.444. The lowest BCUT2D eigenvalue weighted by atomic mass is 10.1. The number of nitrogens with two attached hydrogens (primary N) is 1. The van der Waals surface area contributed by atoms with Gasteiger partial charge in [0.05, 0.1) is 0 Å². The summed E-state index contributed by atoms with van der Waals surface area (Å²) in [6.45, 7) is 2.00. The van der Waals surface area contributed by atoms with Crippen LogP contribution in [0.4, 0.5) is 0 Å². The molecule has 0 aromatic carbocycles. The number of aryl methyl sites for hydroxylation is 1. The van der Waals surface area contributed by atoms with Crippen molar-refractivity contribution < 1.29 is 0 Å². The summed E-state index contributed by atoms with van der Waals surface area (Å²) in [7, 11) is 0. The van der Waals surface area contributed by atoms with Crippen LogP contribution >= 0.6 is 11.6 Å². The predicted molar refractivity (Wildman–Crippen MR) is 49.1 cm³/mol. The van der Waals surface area contributed by atoms with E-state index in [1.807, 2.05) is 13.0 Å². The van der Waals surface area contributed by atoms with Gasteiger partial charge in [-0.05, 0) is 31.4 Å². The highest BCUT2D eigenvalue weighted by Crippen LogP contribution is 2.44. The molecule has 0 atom stereocenters. The van der Waals surface area contributed by atoms with E-state index in [2.05, 4.69) is 4.98 Å². The van der Waals surface area contributed by atoms with E-state index in [1.165, 1.54) is 0 Å². The van der Waals surface area contributed by atoms with Crippen molar-refractivity contribution in [2.75, 3.05) is 0 Å². The summed E-state index contributed by atoms with van der Waals surface area (Å²) in [6, 6.07) is 2.03. The van der Waals surface area contributed by atoms with Gasteiger partial charge in [-0.3, -0.25) is 0 Å². The van der Waals surface area contributed by atoms with Crippen molar-refractivity contribution in [3.05, 3.63) is 28.5 Å². The smallest absolute Gasteiger partial charge is 0.134 e. The van der Waals surface area contributed by atoms with Gasteiger partial charge >= 0.3 is 0 Å². The Hall–Kier alpha value is -0.600. The van der Waals surface area contributed by atoms with Gasteiger partial charge in [0.15, 0.2) is 0 Å². The quantitative estimate of drug-likeness (QED) is 0.675. The first-order chi connectivity index (χ1) is 5.62. The molecule has 0 radical (unpaired) electrons. The largest absolute Gasteiger partial charge is 0.321 e. The minimum absolute atomic E-state index is 0.171. The number of pyridine rings is 1. The standard InChI is InChI=1S/C9H11ClN2/c1-6-4-7(8(10)12-5-6)9(11)2-3-9/h4-5H,2-3,11H2,1H3. The minimum Gasteiger partial charge on any atom is -0.321 e. The van der Waals surface area contributed by atoms with E-state index in [-0.39, 0.29) is 5.54 Å². The second-order valence-corrected chi connectivity index (χ2v) is 3.87. The molecule has 1 aliphatic carbocycles. The van der Waals surface area contributed by atoms with E-state index < -0.39 is 0 Å². The Morgan fingerprint density at radius 3 is 2.83 bits per heavy atom. The third kappa shape index (κ3) is 1.21. The molecule has 0 spiro atoms. The lowest BCUT2D eigenvalue weighted by molar-refractivity contribution is 0.734. The van der Waals surface area contributed by atoms with Crippen molar-refractivity contribution in [2.24, 2.45) is 5.73 Å². The predicted octanol–water partition coefficient (Wildman–Crippen LogP) is 1.99. The molecule has 1 aromatic heterocycles. The molecule has 2 rings (SSSR count). The minimum atomic E-state index is -0.171. The molecule has 0 saturated heterocycles. The fourth-order valence-corrected chi connectivity index (χ4v) is 1.60. The van der Waals surface area contributed by atoms with Crippen molar-refractivity contribution >= 4 is 11.6 Å². The Bertz CT molecular complexity index is 318. The third-order valence-corrected chi connectivity index (χ3v) is 2.60. The first-order valence-corrected chi connectivity index (χ1v) is 4.41. The molecule has 2 nitrogen and oxygen atoms in total. The highest BCUT2D eigenvalue weighted by molar-refractivity contribution is 6.30. The molecule has 0 unspecified atom stereocenters. The first kappa shape index (κ1) is 8.02. The Kier molecular flexibility index (Phi) is 1.63. The molecule has 12 heavy (non-hydrogen) atoms. The van der Waals surface area contributed by atoms with E-state index in [1.54, 1.807) is 6.20 Å². The summed E-state index contributed by atoms with van der Waals surface area (Å²) in [5.74, 6) is 0. The zero-order chi connectivity index (χ0) is 8.77. The summed E-state index contributed by atoms with van der Waals surface area (Å²) < 4.78 is 0. The van der Waals surface area contributed by atoms with Gasteiger partial charge in [0.25, 0.3) is 0 Å². The average molecular weight is 183 g/mol. The van der Waals surface area contributed by atoms with Crippen LogP contribution in [0.5, 0.6) is 0 Å². The Labute approximate surface area is 76.7 Å². The molecule has 64 valence electrons. The van der Waals surface area contributed by atoms with Crippen LogP contribution in [-0.4, -0.2) is 4.98 Å². The van der Waals surface area contributed by atoms with Gasteiger partial charge in [0.1, 0.15) is 5.15 Å². The number of nitrogens with zero attached hydrogens (tertiary/aromatic N) is 1. The van der Waals surface area contributed by atoms with Crippen molar-refractivity contribution in [1.29, 1.82) is 0 Å². The van der Waals surface area contributed by atoms with Gasteiger partial charge in [0, 0.05) is 17.3 Å². The lowest BCUT2D eigenvalue weighted by Crippen LogP contribution is -2.19. The van der Waals surface area contributed by atoms with Gasteiger partial charge in [-0.15, -0.1) is 0 Å². The summed E-state index contributed by atoms with van der Waals surface area (Å²) in [5.41, 5.74) is 7.96. The lowest BCUT2D eigenvalue weighted by Gasteiger charge is -2.10. The van der Waals surface area contributed by atoms with Crippen molar-refractivity contribution in [3.63, 3.8) is 0 Å². The Morgan fingerprint density at radius 1 is 1.58 bits per heavy atom. The molecule has 0 bridgehead atoms. The van der Waals surface area contributed by atoms with E-state index in [9.17, 15) is 0 Å². The molecule has 0 aliphatic heterocycles. The molecule has 1 heterocycles. The van der Waals surface area contributed by atoms with Gasteiger partial charge in [-0.2, -0.15) is 0 Å². The van der Waals surface area contributed by atoms with Crippen LogP contribution < -0.4 is 5.73 Å². The van der Waals surface area contributed by atoms with Crippen molar-refractivity contribution in [1.82, 2.24) is 4.98 Å². The second kappa shape index (κ2) is 2.44. The normalized spacial score (nSPS) is 19.2. The monoisotopic (exact) mass is 182 g/mol. The van der Waals surface area contributed by atoms with Gasteiger partial charge in [-0.1, -0.05) is 11.6 Å². The SMILES string of the molecule is Cc1cnc(Cl)c(C2(N)CC2)c1. The van der Waals surface area contributed by atoms with Crippen LogP contribution in [0.25, 0.3) is 0 Å². The molecule has 3 heteroatoms. The van der Waals surface area contributed by atoms with Crippen LogP contribution in [0.1, 0.15) is 24.0 Å². The first-order valence-electron chi connectivity index (χ1n) is 4.03. The van der Waals surface area contributed by atoms with E-state index >= 15 is 0 Å². The summed E-state index contributed by atoms with van der Waals surface area (Å²) in [6.07, 6.45) is 3.81. The molecule has 0 amide bonds. The molecule has 1 fully saturated rings. The number of aromatic nitrogens is 1. The molecule has 2 N–H and O–H groups in total. The van der Waals surface area contributed by atoms with Crippen LogP contribution in [0.2, 0.25) is 5.15 Å². The van der Waals surface area contributed by atoms with Crippen LogP contribution in [-0.2, 0) is 5.54 Å². The van der Waals surface area contributed by atoms with Crippen molar-refractivity contribution in [3.8, 4) is 0 Å². The number of hydrogen-bond acceptors (Lipinski definition) is 2. The molecule has 1 aliphatic rings. The number of hydrogen-bond donors (Lipinski definition) is 1. The molecular weight excluding hydrogens is 172 g/mol. The number of rotatable bonds is 1. The maximum Gasteiger partial charge on any atom is 0.134 e. The topological polar surface area (TPSA) is 38.9 Å². The van der Waals surface area contributed by atoms with Gasteiger partial charge in [-0.25, -0.2) is 4.98 Å². The van der Waals surface area contributed by atoms with Crippen LogP contribution in [0.15, 0.2) is 12.3 Å². The highest BCUT2D eigenvalue weighted by Gasteiger charge is 2.41. The molecular formula is C9H11ClN2. The summed E-state index contributed by atoms with van der Waals surface area (Å²) in [4.78, 5) is 4.07. The van der Waals surface area contributed by atoms with E-state index in [0.29, 0.717) is 5.15 Å². The highest BCUT2D eigenvalue weighted by atomic mass is 35.5. The van der Waals surface area contributed by atoms with Crippen LogP contribution in [0, 0.1) is 6.92 Å². The zero-order valence-electron chi connectivity index (χ0n) is 6.97. The average Bonchev–Trinajstić information content (AvgIpc) is 2.75. The second-order valence-electron chi connectivity index (χ2n) is 3.51. The third-order valence-electron chi connectivity index (χ3n) is 2.30. The molecule has 1 aromatic rings. The van der Waals surface area contributed by atoms with E-state index in [0.717, 1.165) is 24.0 Å². The van der Waals surface area contributed by atoms with E-state index in [4.69, 9.17) is 17.3 Å². The van der Waals surface area contributed by atoms with Gasteiger partial charge < -0.3 is 5.73 Å². The van der Waals surface area contributed by atoms with Crippen molar-refractivity contribution in [2.45, 2.75) is 25.3 Å². The summed E-state index contributed by atoms with van der Waals surface area (Å²) >= 11 is 5.93. The summed E-state index contributed by atoms with van der Waals surface area (Å²) in [5, 5.41) is 0.556. The molecule has 1 saturated carbocycles. The maximum atomic E-state index is 6.01. The fourth-order valence-electron chi connectivity index (χ4n) is 1.31. The Morgan fingerprint density at radius 2 is 2.25 bits per heavy atom. The Balaban J connectivity index is 2.48. The van der Waals surface area contributed by atoms with Gasteiger partial charge in [0.2, 0.25) is 0 Å². The van der Waals surface area contributed by atoms with Crippen LogP contribution in [0.3, 0.4) is 0 Å².